The van der Waals surface area contributed by atoms with Crippen LogP contribution in [0.25, 0.3) is 0 Å². The summed E-state index contributed by atoms with van der Waals surface area (Å²) in [5, 5.41) is 0. The highest BCUT2D eigenvalue weighted by molar-refractivity contribution is 5.99. The maximum Gasteiger partial charge on any atom is 0.164 e. The van der Waals surface area contributed by atoms with Crippen LogP contribution in [0.5, 0.6) is 11.5 Å². The van der Waals surface area contributed by atoms with Crippen molar-refractivity contribution in [2.24, 2.45) is 0 Å². The minimum atomic E-state index is -0.0669. The van der Waals surface area contributed by atoms with Gasteiger partial charge in [0.1, 0.15) is 11.5 Å². The van der Waals surface area contributed by atoms with E-state index in [2.05, 4.69) is 0 Å². The molecule has 1 rings (SSSR count). The molecule has 0 unspecified atom stereocenters. The third kappa shape index (κ3) is 2.33. The summed E-state index contributed by atoms with van der Waals surface area (Å²) in [5.74, 6) is 1.11. The Labute approximate surface area is 95.1 Å². The Morgan fingerprint density at radius 2 is 1.69 bits per heavy atom. The van der Waals surface area contributed by atoms with Gasteiger partial charge in [-0.25, -0.2) is 0 Å². The van der Waals surface area contributed by atoms with E-state index in [9.17, 15) is 4.79 Å². The molecule has 1 aromatic carbocycles. The van der Waals surface area contributed by atoms with Crippen molar-refractivity contribution in [3.63, 3.8) is 0 Å². The van der Waals surface area contributed by atoms with Crippen molar-refractivity contribution in [1.29, 1.82) is 0 Å². The Kier molecular flexibility index (Phi) is 4.31. The minimum Gasteiger partial charge on any atom is -0.496 e. The zero-order chi connectivity index (χ0) is 12.1. The number of rotatable bonds is 5. The number of carbonyl (C=O) groups is 1. The fourth-order valence-corrected chi connectivity index (χ4v) is 1.64. The molecule has 0 aromatic heterocycles. The molecule has 0 spiro atoms. The van der Waals surface area contributed by atoms with Gasteiger partial charge < -0.3 is 14.2 Å². The average Bonchev–Trinajstić information content (AvgIpc) is 2.28. The maximum atomic E-state index is 11.6. The first-order valence-corrected chi connectivity index (χ1v) is 4.89. The zero-order valence-corrected chi connectivity index (χ0v) is 9.99. The molecule has 0 saturated carbocycles. The van der Waals surface area contributed by atoms with E-state index in [4.69, 9.17) is 14.2 Å². The normalized spacial score (nSPS) is 10.0. The van der Waals surface area contributed by atoms with Crippen LogP contribution in [0, 0.1) is 0 Å². The van der Waals surface area contributed by atoms with E-state index in [1.165, 1.54) is 14.0 Å². The molecular weight excluding hydrogens is 208 g/mol. The molecular formula is C12H16O4. The van der Waals surface area contributed by atoms with Crippen molar-refractivity contribution in [3.05, 3.63) is 23.3 Å². The first kappa shape index (κ1) is 12.5. The SMILES string of the molecule is COCc1c(OC)ccc(OC)c1C(C)=O. The predicted molar refractivity (Wildman–Crippen MR) is 60.3 cm³/mol. The monoisotopic (exact) mass is 224 g/mol. The van der Waals surface area contributed by atoms with E-state index in [1.807, 2.05) is 0 Å². The highest BCUT2D eigenvalue weighted by Crippen LogP contribution is 2.31. The van der Waals surface area contributed by atoms with E-state index in [1.54, 1.807) is 26.4 Å². The van der Waals surface area contributed by atoms with Gasteiger partial charge in [0.25, 0.3) is 0 Å². The highest BCUT2D eigenvalue weighted by Gasteiger charge is 2.17. The van der Waals surface area contributed by atoms with Crippen LogP contribution in [-0.4, -0.2) is 27.1 Å². The van der Waals surface area contributed by atoms with E-state index in [0.29, 0.717) is 23.7 Å². The number of methoxy groups -OCH3 is 3. The van der Waals surface area contributed by atoms with E-state index >= 15 is 0 Å². The molecule has 4 heteroatoms. The number of benzene rings is 1. The van der Waals surface area contributed by atoms with Gasteiger partial charge in [0.15, 0.2) is 5.78 Å². The summed E-state index contributed by atoms with van der Waals surface area (Å²) in [7, 11) is 4.67. The van der Waals surface area contributed by atoms with E-state index in [-0.39, 0.29) is 5.78 Å². The van der Waals surface area contributed by atoms with Gasteiger partial charge in [-0.05, 0) is 19.1 Å². The van der Waals surface area contributed by atoms with Crippen LogP contribution in [0.3, 0.4) is 0 Å². The van der Waals surface area contributed by atoms with Gasteiger partial charge in [0.2, 0.25) is 0 Å². The molecule has 0 aliphatic heterocycles. The van der Waals surface area contributed by atoms with Gasteiger partial charge in [-0.3, -0.25) is 4.79 Å². The second-order valence-electron chi connectivity index (χ2n) is 3.31. The molecule has 0 atom stereocenters. The summed E-state index contributed by atoms with van der Waals surface area (Å²) in [5.41, 5.74) is 1.24. The van der Waals surface area contributed by atoms with Crippen LogP contribution < -0.4 is 9.47 Å². The number of carbonyl (C=O) groups excluding carboxylic acids is 1. The van der Waals surface area contributed by atoms with Crippen molar-refractivity contribution >= 4 is 5.78 Å². The van der Waals surface area contributed by atoms with Crippen molar-refractivity contribution < 1.29 is 19.0 Å². The van der Waals surface area contributed by atoms with Crippen LogP contribution >= 0.6 is 0 Å². The zero-order valence-electron chi connectivity index (χ0n) is 9.99. The lowest BCUT2D eigenvalue weighted by Crippen LogP contribution is -2.06. The first-order chi connectivity index (χ1) is 7.65. The molecule has 0 fully saturated rings. The maximum absolute atomic E-state index is 11.6. The van der Waals surface area contributed by atoms with Crippen molar-refractivity contribution in [2.45, 2.75) is 13.5 Å². The number of ketones is 1. The minimum absolute atomic E-state index is 0.0669. The summed E-state index contributed by atoms with van der Waals surface area (Å²) < 4.78 is 15.4. The van der Waals surface area contributed by atoms with Gasteiger partial charge in [-0.15, -0.1) is 0 Å². The van der Waals surface area contributed by atoms with Crippen molar-refractivity contribution in [1.82, 2.24) is 0 Å². The molecule has 0 aliphatic carbocycles. The summed E-state index contributed by atoms with van der Waals surface area (Å²) in [6.07, 6.45) is 0. The van der Waals surface area contributed by atoms with Gasteiger partial charge in [0, 0.05) is 12.7 Å². The second kappa shape index (κ2) is 5.51. The molecule has 16 heavy (non-hydrogen) atoms. The fraction of sp³-hybridized carbons (Fsp3) is 0.417. The topological polar surface area (TPSA) is 44.8 Å². The lowest BCUT2D eigenvalue weighted by Gasteiger charge is -2.14. The standard InChI is InChI=1S/C12H16O4/c1-8(13)12-9(7-14-2)10(15-3)5-6-11(12)16-4/h5-6H,7H2,1-4H3. The first-order valence-electron chi connectivity index (χ1n) is 4.89. The lowest BCUT2D eigenvalue weighted by molar-refractivity contribution is 0.100. The molecule has 0 N–H and O–H groups in total. The highest BCUT2D eigenvalue weighted by atomic mass is 16.5. The lowest BCUT2D eigenvalue weighted by atomic mass is 10.0. The number of Topliss-reactive ketones (excluding diaryl/α,β-unsaturated/α-hetero) is 1. The second-order valence-corrected chi connectivity index (χ2v) is 3.31. The smallest absolute Gasteiger partial charge is 0.164 e. The molecule has 0 saturated heterocycles. The Morgan fingerprint density at radius 1 is 1.12 bits per heavy atom. The van der Waals surface area contributed by atoms with Gasteiger partial charge >= 0.3 is 0 Å². The van der Waals surface area contributed by atoms with Crippen molar-refractivity contribution in [2.75, 3.05) is 21.3 Å². The molecule has 0 bridgehead atoms. The average molecular weight is 224 g/mol. The van der Waals surface area contributed by atoms with Crippen LogP contribution in [-0.2, 0) is 11.3 Å². The number of hydrogen-bond acceptors (Lipinski definition) is 4. The van der Waals surface area contributed by atoms with Gasteiger partial charge in [-0.1, -0.05) is 0 Å². The number of hydrogen-bond donors (Lipinski definition) is 0. The van der Waals surface area contributed by atoms with Crippen LogP contribution in [0.2, 0.25) is 0 Å². The Morgan fingerprint density at radius 3 is 2.12 bits per heavy atom. The van der Waals surface area contributed by atoms with Crippen LogP contribution in [0.15, 0.2) is 12.1 Å². The molecule has 0 radical (unpaired) electrons. The molecule has 4 nitrogen and oxygen atoms in total. The third-order valence-electron chi connectivity index (χ3n) is 2.31. The Hall–Kier alpha value is -1.55. The summed E-state index contributed by atoms with van der Waals surface area (Å²) in [6.45, 7) is 1.81. The quantitative estimate of drug-likeness (QED) is 0.718. The molecule has 88 valence electrons. The van der Waals surface area contributed by atoms with Crippen LogP contribution in [0.1, 0.15) is 22.8 Å². The summed E-state index contributed by atoms with van der Waals surface area (Å²) in [6, 6.07) is 3.48. The summed E-state index contributed by atoms with van der Waals surface area (Å²) >= 11 is 0. The third-order valence-corrected chi connectivity index (χ3v) is 2.31. The van der Waals surface area contributed by atoms with E-state index < -0.39 is 0 Å². The summed E-state index contributed by atoms with van der Waals surface area (Å²) in [4.78, 5) is 11.6. The molecule has 1 aromatic rings. The van der Waals surface area contributed by atoms with Gasteiger partial charge in [-0.2, -0.15) is 0 Å². The molecule has 0 amide bonds. The Bertz CT molecular complexity index is 385. The largest absolute Gasteiger partial charge is 0.496 e. The fourth-order valence-electron chi connectivity index (χ4n) is 1.64. The van der Waals surface area contributed by atoms with Crippen LogP contribution in [0.4, 0.5) is 0 Å². The Balaban J connectivity index is 3.40. The molecule has 0 heterocycles. The van der Waals surface area contributed by atoms with Gasteiger partial charge in [0.05, 0.1) is 26.4 Å². The predicted octanol–water partition coefficient (Wildman–Crippen LogP) is 2.05. The van der Waals surface area contributed by atoms with Crippen molar-refractivity contribution in [3.8, 4) is 11.5 Å². The van der Waals surface area contributed by atoms with E-state index in [0.717, 1.165) is 5.56 Å². The number of ether oxygens (including phenoxy) is 3. The molecule has 0 aliphatic rings.